The van der Waals surface area contributed by atoms with Crippen molar-refractivity contribution in [2.75, 3.05) is 29.5 Å². The lowest BCUT2D eigenvalue weighted by atomic mass is 10.0. The summed E-state index contributed by atoms with van der Waals surface area (Å²) in [5, 5.41) is 23.3. The van der Waals surface area contributed by atoms with Crippen molar-refractivity contribution in [2.45, 2.75) is 31.0 Å². The van der Waals surface area contributed by atoms with Crippen LogP contribution in [0.1, 0.15) is 47.7 Å². The van der Waals surface area contributed by atoms with Crippen molar-refractivity contribution in [1.82, 2.24) is 0 Å². The van der Waals surface area contributed by atoms with E-state index in [1.165, 1.54) is 36.4 Å². The number of halogens is 4. The maximum absolute atomic E-state index is 16.0. The predicted molar refractivity (Wildman–Crippen MR) is 167 cm³/mol. The minimum absolute atomic E-state index is 0.0427. The zero-order chi connectivity index (χ0) is 31.8. The minimum atomic E-state index is -0.785. The second-order valence-corrected chi connectivity index (χ2v) is 11.7. The summed E-state index contributed by atoms with van der Waals surface area (Å²) in [6.45, 7) is 0.810. The van der Waals surface area contributed by atoms with Gasteiger partial charge < -0.3 is 14.5 Å². The zero-order valence-electron chi connectivity index (χ0n) is 23.6. The van der Waals surface area contributed by atoms with Crippen molar-refractivity contribution >= 4 is 46.0 Å². The number of hydrogen-bond acceptors (Lipinski definition) is 7. The molecule has 3 atom stereocenters. The van der Waals surface area contributed by atoms with Gasteiger partial charge in [-0.15, -0.1) is 0 Å². The Hall–Kier alpha value is -4.32. The molecule has 2 saturated heterocycles. The molecule has 232 valence electrons. The lowest BCUT2D eigenvalue weighted by Crippen LogP contribution is -2.39. The van der Waals surface area contributed by atoms with Crippen molar-refractivity contribution in [1.29, 1.82) is 0 Å². The predicted octanol–water partition coefficient (Wildman–Crippen LogP) is 8.75. The van der Waals surface area contributed by atoms with Gasteiger partial charge in [-0.1, -0.05) is 65.7 Å². The van der Waals surface area contributed by atoms with Crippen LogP contribution in [0, 0.1) is 31.9 Å². The minimum Gasteiger partial charge on any atom is -0.370 e. The van der Waals surface area contributed by atoms with Gasteiger partial charge in [0.15, 0.2) is 11.6 Å². The maximum atomic E-state index is 16.0. The molecule has 0 bridgehead atoms. The van der Waals surface area contributed by atoms with Gasteiger partial charge in [0.25, 0.3) is 11.4 Å². The van der Waals surface area contributed by atoms with E-state index in [1.807, 2.05) is 30.3 Å². The SMILES string of the molecule is O=[N+]([O-])c1cc([C@H]2CC[C@H](c3ccc(Cl)c([N+](=O)[O-])c3)N2c2cc(F)c(N3CCOC(c4ccccc4)C3)c(F)c2)ccc1Cl. The highest BCUT2D eigenvalue weighted by atomic mass is 35.5. The van der Waals surface area contributed by atoms with E-state index in [9.17, 15) is 20.2 Å². The molecule has 4 aromatic rings. The Bertz CT molecular complexity index is 1690. The van der Waals surface area contributed by atoms with Crippen molar-refractivity contribution in [3.05, 3.63) is 137 Å². The van der Waals surface area contributed by atoms with Gasteiger partial charge in [0.2, 0.25) is 0 Å². The van der Waals surface area contributed by atoms with Crippen molar-refractivity contribution in [2.24, 2.45) is 0 Å². The Kier molecular flexibility index (Phi) is 8.59. The van der Waals surface area contributed by atoms with E-state index in [1.54, 1.807) is 21.9 Å². The number of morpholine rings is 1. The molecule has 2 heterocycles. The van der Waals surface area contributed by atoms with Crippen LogP contribution in [0.15, 0.2) is 78.9 Å². The molecule has 0 radical (unpaired) electrons. The molecule has 9 nitrogen and oxygen atoms in total. The van der Waals surface area contributed by atoms with Crippen LogP contribution in [0.25, 0.3) is 0 Å². The summed E-state index contributed by atoms with van der Waals surface area (Å²) in [5.74, 6) is -1.57. The van der Waals surface area contributed by atoms with E-state index >= 15 is 8.78 Å². The van der Waals surface area contributed by atoms with Crippen molar-refractivity contribution in [3.8, 4) is 0 Å². The average Bonchev–Trinajstić information content (AvgIpc) is 3.47. The third-order valence-electron chi connectivity index (χ3n) is 8.34. The molecule has 0 N–H and O–H groups in total. The largest absolute Gasteiger partial charge is 0.370 e. The summed E-state index contributed by atoms with van der Waals surface area (Å²) in [6.07, 6.45) is 0.507. The number of benzene rings is 4. The second-order valence-electron chi connectivity index (χ2n) is 10.9. The van der Waals surface area contributed by atoms with Crippen molar-refractivity contribution in [3.63, 3.8) is 0 Å². The summed E-state index contributed by atoms with van der Waals surface area (Å²) >= 11 is 12.2. The topological polar surface area (TPSA) is 102 Å². The summed E-state index contributed by atoms with van der Waals surface area (Å²) in [4.78, 5) is 25.5. The third-order valence-corrected chi connectivity index (χ3v) is 8.98. The van der Waals surface area contributed by atoms with E-state index in [-0.39, 0.29) is 58.6 Å². The zero-order valence-corrected chi connectivity index (χ0v) is 25.1. The average molecular weight is 655 g/mol. The normalized spacial score (nSPS) is 20.0. The van der Waals surface area contributed by atoms with Gasteiger partial charge in [-0.3, -0.25) is 20.2 Å². The molecule has 1 unspecified atom stereocenters. The molecule has 0 amide bonds. The molecule has 13 heteroatoms. The molecule has 45 heavy (non-hydrogen) atoms. The van der Waals surface area contributed by atoms with Gasteiger partial charge in [-0.2, -0.15) is 0 Å². The molecule has 6 rings (SSSR count). The van der Waals surface area contributed by atoms with Gasteiger partial charge in [0.1, 0.15) is 21.8 Å². The standard InChI is InChI=1S/C32H26Cl2F2N4O5/c33-23-8-6-20(14-29(23)39(41)42)27-10-11-28(21-7-9-24(34)30(15-21)40(43)44)38(27)22-16-25(35)32(26(36)17-22)37-12-13-45-31(18-37)19-4-2-1-3-5-19/h1-9,14-17,27-28,31H,10-13,18H2/t27-,28-,31?/m1/s1. The molecule has 2 fully saturated rings. The van der Waals surface area contributed by atoms with E-state index in [2.05, 4.69) is 0 Å². The molecule has 0 saturated carbocycles. The van der Waals surface area contributed by atoms with E-state index in [0.717, 1.165) is 5.56 Å². The van der Waals surface area contributed by atoms with Crippen LogP contribution in [0.2, 0.25) is 10.0 Å². The lowest BCUT2D eigenvalue weighted by molar-refractivity contribution is -0.384. The lowest BCUT2D eigenvalue weighted by Gasteiger charge is -2.36. The second kappa shape index (κ2) is 12.6. The van der Waals surface area contributed by atoms with E-state index < -0.39 is 33.6 Å². The summed E-state index contributed by atoms with van der Waals surface area (Å²) in [6, 6.07) is 19.6. The van der Waals surface area contributed by atoms with Gasteiger partial charge >= 0.3 is 0 Å². The van der Waals surface area contributed by atoms with Gasteiger partial charge in [-0.25, -0.2) is 8.78 Å². The number of anilines is 2. The van der Waals surface area contributed by atoms with Gasteiger partial charge in [0, 0.05) is 30.9 Å². The number of ether oxygens (including phenoxy) is 1. The highest BCUT2D eigenvalue weighted by Crippen LogP contribution is 2.49. The highest BCUT2D eigenvalue weighted by Gasteiger charge is 2.38. The molecule has 2 aliphatic rings. The van der Waals surface area contributed by atoms with Crippen LogP contribution in [-0.4, -0.2) is 29.5 Å². The number of nitro groups is 2. The Morgan fingerprint density at radius 2 is 1.29 bits per heavy atom. The molecule has 0 spiro atoms. The molecule has 0 aliphatic carbocycles. The quantitative estimate of drug-likeness (QED) is 0.145. The Morgan fingerprint density at radius 1 is 0.756 bits per heavy atom. The van der Waals surface area contributed by atoms with Crippen LogP contribution in [0.3, 0.4) is 0 Å². The maximum Gasteiger partial charge on any atom is 0.288 e. The summed E-state index contributed by atoms with van der Waals surface area (Å²) in [5.41, 5.74) is 1.34. The van der Waals surface area contributed by atoms with E-state index in [0.29, 0.717) is 24.0 Å². The number of hydrogen-bond donors (Lipinski definition) is 0. The van der Waals surface area contributed by atoms with Gasteiger partial charge in [0.05, 0.1) is 28.5 Å². The third kappa shape index (κ3) is 6.03. The Morgan fingerprint density at radius 3 is 1.80 bits per heavy atom. The first-order valence-corrected chi connectivity index (χ1v) is 14.9. The highest BCUT2D eigenvalue weighted by molar-refractivity contribution is 6.33. The fourth-order valence-electron chi connectivity index (χ4n) is 6.30. The number of nitrogens with zero attached hydrogens (tertiary/aromatic N) is 4. The summed E-state index contributed by atoms with van der Waals surface area (Å²) < 4.78 is 37.9. The van der Waals surface area contributed by atoms with Crippen LogP contribution in [-0.2, 0) is 4.74 Å². The first-order valence-electron chi connectivity index (χ1n) is 14.2. The fraction of sp³-hybridized carbons (Fsp3) is 0.250. The van der Waals surface area contributed by atoms with E-state index in [4.69, 9.17) is 27.9 Å². The Balaban J connectivity index is 1.41. The first kappa shape index (κ1) is 30.7. The summed E-state index contributed by atoms with van der Waals surface area (Å²) in [7, 11) is 0. The molecule has 0 aromatic heterocycles. The smallest absolute Gasteiger partial charge is 0.288 e. The molecular formula is C32H26Cl2F2N4O5. The molecule has 4 aromatic carbocycles. The van der Waals surface area contributed by atoms with Crippen LogP contribution in [0.5, 0.6) is 0 Å². The van der Waals surface area contributed by atoms with Crippen LogP contribution < -0.4 is 9.80 Å². The Labute approximate surface area is 266 Å². The monoisotopic (exact) mass is 654 g/mol. The number of nitro benzene ring substituents is 2. The fourth-order valence-corrected chi connectivity index (χ4v) is 6.68. The molecular weight excluding hydrogens is 629 g/mol. The first-order chi connectivity index (χ1) is 21.6. The molecule has 2 aliphatic heterocycles. The van der Waals surface area contributed by atoms with Crippen LogP contribution >= 0.6 is 23.2 Å². The number of rotatable bonds is 7. The van der Waals surface area contributed by atoms with Gasteiger partial charge in [-0.05, 0) is 53.8 Å². The van der Waals surface area contributed by atoms with Crippen LogP contribution in [0.4, 0.5) is 31.5 Å². The van der Waals surface area contributed by atoms with Crippen molar-refractivity contribution < 1.29 is 23.4 Å².